The molecule has 0 spiro atoms. The molecule has 1 aromatic heterocycles. The molecule has 2 rings (SSSR count). The Labute approximate surface area is 90.8 Å². The number of likely N-dealkylation sites (tertiary alicyclic amines) is 1. The lowest BCUT2D eigenvalue weighted by Crippen LogP contribution is -2.42. The summed E-state index contributed by atoms with van der Waals surface area (Å²) in [5, 5.41) is 9.82. The first-order valence-corrected chi connectivity index (χ1v) is 5.50. The minimum absolute atomic E-state index is 0.458. The molecule has 1 aliphatic heterocycles. The molecule has 1 fully saturated rings. The zero-order valence-corrected chi connectivity index (χ0v) is 9.19. The third-order valence-electron chi connectivity index (χ3n) is 3.04. The van der Waals surface area contributed by atoms with Gasteiger partial charge >= 0.3 is 0 Å². The summed E-state index contributed by atoms with van der Waals surface area (Å²) in [4.78, 5) is 6.65. The quantitative estimate of drug-likeness (QED) is 0.795. The molecule has 1 aliphatic rings. The molecule has 0 radical (unpaired) electrons. The maximum atomic E-state index is 9.82. The predicted molar refractivity (Wildman–Crippen MR) is 59.4 cm³/mol. The van der Waals surface area contributed by atoms with Crippen molar-refractivity contribution in [3.63, 3.8) is 0 Å². The van der Waals surface area contributed by atoms with Gasteiger partial charge in [-0.2, -0.15) is 0 Å². The highest BCUT2D eigenvalue weighted by Crippen LogP contribution is 2.21. The number of piperidine rings is 1. The van der Waals surface area contributed by atoms with Gasteiger partial charge in [0, 0.05) is 25.8 Å². The average Bonchev–Trinajstić information content (AvgIpc) is 2.23. The fourth-order valence-corrected chi connectivity index (χ4v) is 1.91. The zero-order valence-electron chi connectivity index (χ0n) is 9.19. The first-order valence-electron chi connectivity index (χ1n) is 5.50. The van der Waals surface area contributed by atoms with Gasteiger partial charge in [0.2, 0.25) is 0 Å². The van der Waals surface area contributed by atoms with E-state index in [0.717, 1.165) is 38.2 Å². The van der Waals surface area contributed by atoms with E-state index in [4.69, 9.17) is 0 Å². The Kier molecular flexibility index (Phi) is 3.03. The molecule has 0 aliphatic carbocycles. The molecule has 0 atom stereocenters. The second-order valence-corrected chi connectivity index (χ2v) is 4.59. The van der Waals surface area contributed by atoms with E-state index in [1.807, 2.05) is 31.3 Å². The summed E-state index contributed by atoms with van der Waals surface area (Å²) in [7, 11) is 0. The van der Waals surface area contributed by atoms with Gasteiger partial charge in [-0.1, -0.05) is 6.07 Å². The minimum atomic E-state index is -0.458. The summed E-state index contributed by atoms with van der Waals surface area (Å²) in [6.45, 7) is 4.75. The van der Waals surface area contributed by atoms with E-state index in [1.165, 1.54) is 0 Å². The normalized spacial score (nSPS) is 21.5. The Balaban J connectivity index is 1.88. The Morgan fingerprint density at radius 2 is 2.13 bits per heavy atom. The van der Waals surface area contributed by atoms with E-state index in [0.29, 0.717) is 0 Å². The largest absolute Gasteiger partial charge is 0.390 e. The van der Waals surface area contributed by atoms with Gasteiger partial charge in [0.05, 0.1) is 11.3 Å². The van der Waals surface area contributed by atoms with E-state index in [1.54, 1.807) is 0 Å². The van der Waals surface area contributed by atoms with Crippen molar-refractivity contribution in [1.82, 2.24) is 9.88 Å². The van der Waals surface area contributed by atoms with Gasteiger partial charge in [0.1, 0.15) is 0 Å². The molecule has 0 bridgehead atoms. The van der Waals surface area contributed by atoms with Crippen LogP contribution < -0.4 is 0 Å². The fourth-order valence-electron chi connectivity index (χ4n) is 1.91. The Bertz CT molecular complexity index is 301. The molecule has 0 unspecified atom stereocenters. The van der Waals surface area contributed by atoms with E-state index >= 15 is 0 Å². The lowest BCUT2D eigenvalue weighted by atomic mass is 9.94. The third kappa shape index (κ3) is 3.01. The van der Waals surface area contributed by atoms with Crippen LogP contribution in [0.1, 0.15) is 25.5 Å². The van der Waals surface area contributed by atoms with Crippen LogP contribution in [-0.2, 0) is 6.54 Å². The summed E-state index contributed by atoms with van der Waals surface area (Å²) in [5.74, 6) is 0. The van der Waals surface area contributed by atoms with Crippen LogP contribution in [0.25, 0.3) is 0 Å². The highest BCUT2D eigenvalue weighted by Gasteiger charge is 2.27. The van der Waals surface area contributed by atoms with E-state index in [2.05, 4.69) is 9.88 Å². The van der Waals surface area contributed by atoms with Crippen molar-refractivity contribution in [2.24, 2.45) is 0 Å². The van der Waals surface area contributed by atoms with Crippen molar-refractivity contribution in [2.45, 2.75) is 31.9 Å². The Morgan fingerprint density at radius 3 is 2.73 bits per heavy atom. The van der Waals surface area contributed by atoms with Gasteiger partial charge < -0.3 is 5.11 Å². The highest BCUT2D eigenvalue weighted by atomic mass is 16.3. The smallest absolute Gasteiger partial charge is 0.0644 e. The number of aliphatic hydroxyl groups is 1. The number of aromatic nitrogens is 1. The molecule has 3 heteroatoms. The van der Waals surface area contributed by atoms with Crippen LogP contribution in [0.5, 0.6) is 0 Å². The van der Waals surface area contributed by atoms with Gasteiger partial charge in [-0.15, -0.1) is 0 Å². The van der Waals surface area contributed by atoms with E-state index in [9.17, 15) is 5.11 Å². The highest BCUT2D eigenvalue weighted by molar-refractivity contribution is 5.03. The summed E-state index contributed by atoms with van der Waals surface area (Å²) in [6, 6.07) is 6.00. The first-order chi connectivity index (χ1) is 7.16. The number of pyridine rings is 1. The van der Waals surface area contributed by atoms with Gasteiger partial charge in [-0.05, 0) is 31.9 Å². The lowest BCUT2D eigenvalue weighted by molar-refractivity contribution is -0.00757. The predicted octanol–water partition coefficient (Wildman–Crippen LogP) is 1.43. The molecule has 0 aromatic carbocycles. The van der Waals surface area contributed by atoms with Gasteiger partial charge in [-0.3, -0.25) is 9.88 Å². The van der Waals surface area contributed by atoms with Gasteiger partial charge in [0.25, 0.3) is 0 Å². The Morgan fingerprint density at radius 1 is 1.40 bits per heavy atom. The van der Waals surface area contributed by atoms with Crippen molar-refractivity contribution < 1.29 is 5.11 Å². The SMILES string of the molecule is CC1(O)CCN(Cc2ccccn2)CC1. The first kappa shape index (κ1) is 10.6. The van der Waals surface area contributed by atoms with Crippen LogP contribution in [0.2, 0.25) is 0 Å². The summed E-state index contributed by atoms with van der Waals surface area (Å²) >= 11 is 0. The maximum Gasteiger partial charge on any atom is 0.0644 e. The Hall–Kier alpha value is -0.930. The van der Waals surface area contributed by atoms with Crippen LogP contribution in [0.4, 0.5) is 0 Å². The lowest BCUT2D eigenvalue weighted by Gasteiger charge is -2.35. The zero-order chi connectivity index (χ0) is 10.7. The second-order valence-electron chi connectivity index (χ2n) is 4.59. The molecule has 1 saturated heterocycles. The van der Waals surface area contributed by atoms with Crippen LogP contribution in [0.3, 0.4) is 0 Å². The van der Waals surface area contributed by atoms with Gasteiger partial charge in [0.15, 0.2) is 0 Å². The molecular formula is C12H18N2O. The third-order valence-corrected chi connectivity index (χ3v) is 3.04. The van der Waals surface area contributed by atoms with Crippen molar-refractivity contribution in [1.29, 1.82) is 0 Å². The molecule has 2 heterocycles. The average molecular weight is 206 g/mol. The standard InChI is InChI=1S/C12H18N2O/c1-12(15)5-8-14(9-6-12)10-11-4-2-3-7-13-11/h2-4,7,15H,5-6,8-10H2,1H3. The molecule has 0 saturated carbocycles. The fraction of sp³-hybridized carbons (Fsp3) is 0.583. The molecule has 1 aromatic rings. The number of hydrogen-bond acceptors (Lipinski definition) is 3. The maximum absolute atomic E-state index is 9.82. The van der Waals surface area contributed by atoms with Crippen molar-refractivity contribution in [3.8, 4) is 0 Å². The molecule has 15 heavy (non-hydrogen) atoms. The number of rotatable bonds is 2. The van der Waals surface area contributed by atoms with Crippen molar-refractivity contribution >= 4 is 0 Å². The molecule has 1 N–H and O–H groups in total. The summed E-state index contributed by atoms with van der Waals surface area (Å²) < 4.78 is 0. The van der Waals surface area contributed by atoms with Crippen LogP contribution in [0, 0.1) is 0 Å². The summed E-state index contributed by atoms with van der Waals surface area (Å²) in [6.07, 6.45) is 3.55. The van der Waals surface area contributed by atoms with Crippen molar-refractivity contribution in [3.05, 3.63) is 30.1 Å². The van der Waals surface area contributed by atoms with Crippen molar-refractivity contribution in [2.75, 3.05) is 13.1 Å². The summed E-state index contributed by atoms with van der Waals surface area (Å²) in [5.41, 5.74) is 0.653. The van der Waals surface area contributed by atoms with Crippen LogP contribution >= 0.6 is 0 Å². The second kappa shape index (κ2) is 4.29. The van der Waals surface area contributed by atoms with Crippen LogP contribution in [-0.4, -0.2) is 33.7 Å². The van der Waals surface area contributed by atoms with Gasteiger partial charge in [-0.25, -0.2) is 0 Å². The van der Waals surface area contributed by atoms with E-state index < -0.39 is 5.60 Å². The monoisotopic (exact) mass is 206 g/mol. The van der Waals surface area contributed by atoms with Crippen LogP contribution in [0.15, 0.2) is 24.4 Å². The molecule has 3 nitrogen and oxygen atoms in total. The molecular weight excluding hydrogens is 188 g/mol. The molecule has 82 valence electrons. The minimum Gasteiger partial charge on any atom is -0.390 e. The molecule has 0 amide bonds. The number of nitrogens with zero attached hydrogens (tertiary/aromatic N) is 2. The van der Waals surface area contributed by atoms with E-state index in [-0.39, 0.29) is 0 Å². The number of hydrogen-bond donors (Lipinski definition) is 1. The topological polar surface area (TPSA) is 36.4 Å².